The molecular formula is C18H25I. The van der Waals surface area contributed by atoms with Gasteiger partial charge in [0.2, 0.25) is 0 Å². The van der Waals surface area contributed by atoms with Crippen LogP contribution in [0.15, 0.2) is 41.5 Å². The standard InChI is InChI=1S/C18H25I/c1-15(2)6-4-7-16(3)14-18-11-9-17(10-12-18)8-5-13-19/h6,9-12,14H,4-5,7-8,13H2,1-3H3. The Morgan fingerprint density at radius 3 is 2.37 bits per heavy atom. The number of rotatable bonds is 7. The molecule has 0 atom stereocenters. The average molecular weight is 368 g/mol. The van der Waals surface area contributed by atoms with E-state index >= 15 is 0 Å². The van der Waals surface area contributed by atoms with Crippen molar-refractivity contribution in [1.29, 1.82) is 0 Å². The highest BCUT2D eigenvalue weighted by atomic mass is 127. The Kier molecular flexibility index (Phi) is 8.11. The molecule has 1 aromatic rings. The molecule has 0 radical (unpaired) electrons. The zero-order valence-electron chi connectivity index (χ0n) is 12.4. The van der Waals surface area contributed by atoms with Crippen LogP contribution in [0.5, 0.6) is 0 Å². The largest absolute Gasteiger partial charge is 0.0864 e. The van der Waals surface area contributed by atoms with Gasteiger partial charge in [-0.2, -0.15) is 0 Å². The first kappa shape index (κ1) is 16.5. The van der Waals surface area contributed by atoms with Gasteiger partial charge in [-0.15, -0.1) is 0 Å². The molecule has 0 fully saturated rings. The van der Waals surface area contributed by atoms with Crippen LogP contribution in [-0.4, -0.2) is 4.43 Å². The second-order valence-electron chi connectivity index (χ2n) is 5.34. The Bertz CT molecular complexity index is 420. The molecule has 19 heavy (non-hydrogen) atoms. The molecule has 1 rings (SSSR count). The molecule has 1 aromatic carbocycles. The summed E-state index contributed by atoms with van der Waals surface area (Å²) in [7, 11) is 0. The van der Waals surface area contributed by atoms with E-state index in [-0.39, 0.29) is 0 Å². The lowest BCUT2D eigenvalue weighted by Crippen LogP contribution is -1.86. The van der Waals surface area contributed by atoms with Gasteiger partial charge in [-0.25, -0.2) is 0 Å². The van der Waals surface area contributed by atoms with E-state index in [1.54, 1.807) is 0 Å². The van der Waals surface area contributed by atoms with Crippen molar-refractivity contribution in [1.82, 2.24) is 0 Å². The summed E-state index contributed by atoms with van der Waals surface area (Å²) < 4.78 is 1.24. The number of allylic oxidation sites excluding steroid dienone is 3. The van der Waals surface area contributed by atoms with Gasteiger partial charge in [-0.05, 0) is 62.0 Å². The van der Waals surface area contributed by atoms with E-state index in [1.165, 1.54) is 39.5 Å². The van der Waals surface area contributed by atoms with Crippen molar-refractivity contribution in [3.8, 4) is 0 Å². The van der Waals surface area contributed by atoms with Gasteiger partial charge in [0.05, 0.1) is 0 Å². The molecule has 0 unspecified atom stereocenters. The Morgan fingerprint density at radius 1 is 1.11 bits per heavy atom. The molecule has 0 aromatic heterocycles. The van der Waals surface area contributed by atoms with Gasteiger partial charge < -0.3 is 0 Å². The molecule has 0 bridgehead atoms. The maximum Gasteiger partial charge on any atom is -0.000156 e. The number of halogens is 1. The minimum atomic E-state index is 1.15. The van der Waals surface area contributed by atoms with Crippen molar-refractivity contribution in [2.45, 2.75) is 46.5 Å². The number of hydrogen-bond acceptors (Lipinski definition) is 0. The second kappa shape index (κ2) is 9.35. The fourth-order valence-corrected chi connectivity index (χ4v) is 2.38. The third-order valence-corrected chi connectivity index (χ3v) is 3.85. The lowest BCUT2D eigenvalue weighted by atomic mass is 10.0. The third-order valence-electron chi connectivity index (χ3n) is 3.08. The van der Waals surface area contributed by atoms with Gasteiger partial charge in [-0.3, -0.25) is 0 Å². The third kappa shape index (κ3) is 7.56. The fraction of sp³-hybridized carbons (Fsp3) is 0.444. The molecule has 0 aliphatic heterocycles. The molecule has 0 amide bonds. The number of hydrogen-bond donors (Lipinski definition) is 0. The highest BCUT2D eigenvalue weighted by molar-refractivity contribution is 14.1. The summed E-state index contributed by atoms with van der Waals surface area (Å²) in [4.78, 5) is 0. The summed E-state index contributed by atoms with van der Waals surface area (Å²) in [5, 5.41) is 0. The molecule has 0 spiro atoms. The molecule has 104 valence electrons. The van der Waals surface area contributed by atoms with Crippen molar-refractivity contribution in [2.24, 2.45) is 0 Å². The van der Waals surface area contributed by atoms with Crippen molar-refractivity contribution in [3.63, 3.8) is 0 Å². The zero-order chi connectivity index (χ0) is 14.1. The van der Waals surface area contributed by atoms with Gasteiger partial charge in [-0.1, -0.05) is 70.2 Å². The van der Waals surface area contributed by atoms with Crippen molar-refractivity contribution >= 4 is 28.7 Å². The summed E-state index contributed by atoms with van der Waals surface area (Å²) in [5.74, 6) is 0. The van der Waals surface area contributed by atoms with Crippen LogP contribution in [0.4, 0.5) is 0 Å². The zero-order valence-corrected chi connectivity index (χ0v) is 14.5. The first-order chi connectivity index (χ1) is 9.11. The summed E-state index contributed by atoms with van der Waals surface area (Å²) in [6, 6.07) is 9.02. The van der Waals surface area contributed by atoms with Crippen LogP contribution < -0.4 is 0 Å². The molecule has 0 saturated carbocycles. The highest BCUT2D eigenvalue weighted by Gasteiger charge is 1.94. The highest BCUT2D eigenvalue weighted by Crippen LogP contribution is 2.14. The van der Waals surface area contributed by atoms with E-state index in [0.29, 0.717) is 0 Å². The summed E-state index contributed by atoms with van der Waals surface area (Å²) in [6.45, 7) is 6.55. The van der Waals surface area contributed by atoms with E-state index in [1.807, 2.05) is 0 Å². The second-order valence-corrected chi connectivity index (χ2v) is 6.42. The summed E-state index contributed by atoms with van der Waals surface area (Å²) in [5.41, 5.74) is 5.65. The Labute approximate surface area is 132 Å². The van der Waals surface area contributed by atoms with Gasteiger partial charge in [0.25, 0.3) is 0 Å². The van der Waals surface area contributed by atoms with Crippen LogP contribution in [0.1, 0.15) is 51.2 Å². The maximum atomic E-state index is 2.44. The SMILES string of the molecule is CC(C)=CCCC(C)=Cc1ccc(CCCI)cc1. The quantitative estimate of drug-likeness (QED) is 0.305. The fourth-order valence-electron chi connectivity index (χ4n) is 2.00. The van der Waals surface area contributed by atoms with E-state index in [9.17, 15) is 0 Å². The van der Waals surface area contributed by atoms with Crippen LogP contribution in [0.25, 0.3) is 6.08 Å². The summed E-state index contributed by atoms with van der Waals surface area (Å²) in [6.07, 6.45) is 9.40. The van der Waals surface area contributed by atoms with E-state index in [2.05, 4.69) is 79.8 Å². The van der Waals surface area contributed by atoms with Gasteiger partial charge in [0, 0.05) is 0 Å². The number of alkyl halides is 1. The number of aryl methyl sites for hydroxylation is 1. The lowest BCUT2D eigenvalue weighted by Gasteiger charge is -2.02. The Morgan fingerprint density at radius 2 is 1.79 bits per heavy atom. The van der Waals surface area contributed by atoms with Crippen LogP contribution in [0.2, 0.25) is 0 Å². The normalized spacial score (nSPS) is 11.5. The van der Waals surface area contributed by atoms with Crippen molar-refractivity contribution in [2.75, 3.05) is 4.43 Å². The lowest BCUT2D eigenvalue weighted by molar-refractivity contribution is 0.945. The van der Waals surface area contributed by atoms with Gasteiger partial charge in [0.15, 0.2) is 0 Å². The molecule has 1 heteroatoms. The molecule has 0 nitrogen and oxygen atoms in total. The smallest absolute Gasteiger partial charge is 0.000156 e. The van der Waals surface area contributed by atoms with Gasteiger partial charge in [0.1, 0.15) is 0 Å². The number of benzene rings is 1. The predicted octanol–water partition coefficient (Wildman–Crippen LogP) is 6.20. The van der Waals surface area contributed by atoms with Crippen LogP contribution in [0.3, 0.4) is 0 Å². The first-order valence-electron chi connectivity index (χ1n) is 7.07. The molecular weight excluding hydrogens is 343 g/mol. The topological polar surface area (TPSA) is 0 Å². The first-order valence-corrected chi connectivity index (χ1v) is 8.60. The van der Waals surface area contributed by atoms with E-state index in [0.717, 1.165) is 12.8 Å². The minimum absolute atomic E-state index is 1.15. The molecule has 0 aliphatic carbocycles. The van der Waals surface area contributed by atoms with Crippen molar-refractivity contribution in [3.05, 3.63) is 52.6 Å². The monoisotopic (exact) mass is 368 g/mol. The summed E-state index contributed by atoms with van der Waals surface area (Å²) >= 11 is 2.44. The van der Waals surface area contributed by atoms with Crippen LogP contribution in [-0.2, 0) is 6.42 Å². The van der Waals surface area contributed by atoms with Gasteiger partial charge >= 0.3 is 0 Å². The predicted molar refractivity (Wildman–Crippen MR) is 96.0 cm³/mol. The van der Waals surface area contributed by atoms with Crippen LogP contribution in [0, 0.1) is 0 Å². The molecule has 0 aliphatic rings. The Hall–Kier alpha value is -0.570. The Balaban J connectivity index is 2.53. The maximum absolute atomic E-state index is 2.44. The molecule has 0 saturated heterocycles. The van der Waals surface area contributed by atoms with E-state index in [4.69, 9.17) is 0 Å². The average Bonchev–Trinajstić information content (AvgIpc) is 2.37. The molecule has 0 heterocycles. The van der Waals surface area contributed by atoms with Crippen LogP contribution >= 0.6 is 22.6 Å². The minimum Gasteiger partial charge on any atom is -0.0864 e. The van der Waals surface area contributed by atoms with E-state index < -0.39 is 0 Å². The van der Waals surface area contributed by atoms with Crippen molar-refractivity contribution < 1.29 is 0 Å². The molecule has 0 N–H and O–H groups in total.